The van der Waals surface area contributed by atoms with Gasteiger partial charge in [-0.2, -0.15) is 0 Å². The lowest BCUT2D eigenvalue weighted by atomic mass is 10.2. The number of rotatable bonds is 1. The Labute approximate surface area is 113 Å². The van der Waals surface area contributed by atoms with E-state index in [1.54, 1.807) is 20.8 Å². The van der Waals surface area contributed by atoms with Gasteiger partial charge in [0.25, 0.3) is 0 Å². The molecule has 16 heavy (non-hydrogen) atoms. The van der Waals surface area contributed by atoms with Crippen molar-refractivity contribution < 1.29 is 9.53 Å². The van der Waals surface area contributed by atoms with Crippen LogP contribution in [0.5, 0.6) is 0 Å². The van der Waals surface area contributed by atoms with Crippen LogP contribution in [0.1, 0.15) is 31.3 Å². The number of nitrogen functional groups attached to an aromatic ring is 1. The molecule has 0 aliphatic carbocycles. The van der Waals surface area contributed by atoms with Crippen LogP contribution < -0.4 is 5.73 Å². The van der Waals surface area contributed by atoms with E-state index < -0.39 is 11.6 Å². The third-order valence-electron chi connectivity index (χ3n) is 1.55. The summed E-state index contributed by atoms with van der Waals surface area (Å²) in [6.07, 6.45) is 0. The van der Waals surface area contributed by atoms with Gasteiger partial charge in [0, 0.05) is 0 Å². The molecule has 4 nitrogen and oxygen atoms in total. The van der Waals surface area contributed by atoms with Crippen molar-refractivity contribution in [2.45, 2.75) is 26.4 Å². The smallest absolute Gasteiger partial charge is 0.357 e. The van der Waals surface area contributed by atoms with Crippen molar-refractivity contribution in [3.8, 4) is 0 Å². The van der Waals surface area contributed by atoms with Gasteiger partial charge in [-0.1, -0.05) is 11.6 Å². The van der Waals surface area contributed by atoms with E-state index in [0.29, 0.717) is 9.26 Å². The Morgan fingerprint density at radius 3 is 2.56 bits per heavy atom. The standard InChI is InChI=1S/C10H12ClIN2O2/c1-10(2,3)16-9(15)6-4-5(13)7(12)8(11)14-6/h4H,1-3H3,(H2,13,14). The largest absolute Gasteiger partial charge is 0.455 e. The Bertz CT molecular complexity index is 406. The highest BCUT2D eigenvalue weighted by Gasteiger charge is 2.20. The molecule has 0 amide bonds. The van der Waals surface area contributed by atoms with Crippen molar-refractivity contribution in [2.75, 3.05) is 5.73 Å². The highest BCUT2D eigenvalue weighted by Crippen LogP contribution is 2.24. The average molecular weight is 355 g/mol. The highest BCUT2D eigenvalue weighted by molar-refractivity contribution is 14.1. The molecule has 0 aromatic carbocycles. The summed E-state index contributed by atoms with van der Waals surface area (Å²) in [6, 6.07) is 1.46. The van der Waals surface area contributed by atoms with E-state index >= 15 is 0 Å². The maximum absolute atomic E-state index is 11.7. The third kappa shape index (κ3) is 3.48. The highest BCUT2D eigenvalue weighted by atomic mass is 127. The number of halogens is 2. The fraction of sp³-hybridized carbons (Fsp3) is 0.400. The Morgan fingerprint density at radius 1 is 1.56 bits per heavy atom. The molecule has 1 aromatic heterocycles. The molecule has 0 fully saturated rings. The van der Waals surface area contributed by atoms with E-state index in [1.165, 1.54) is 6.07 Å². The second kappa shape index (κ2) is 4.75. The summed E-state index contributed by atoms with van der Waals surface area (Å²) >= 11 is 7.79. The van der Waals surface area contributed by atoms with Gasteiger partial charge in [-0.3, -0.25) is 0 Å². The van der Waals surface area contributed by atoms with Crippen LogP contribution in [0.15, 0.2) is 6.07 Å². The van der Waals surface area contributed by atoms with Crippen molar-refractivity contribution in [3.05, 3.63) is 20.5 Å². The zero-order valence-corrected chi connectivity index (χ0v) is 12.1. The Balaban J connectivity index is 3.02. The molecule has 2 N–H and O–H groups in total. The summed E-state index contributed by atoms with van der Waals surface area (Å²) in [5.74, 6) is -0.530. The van der Waals surface area contributed by atoms with Crippen LogP contribution in [-0.2, 0) is 4.74 Å². The molecule has 0 spiro atoms. The zero-order chi connectivity index (χ0) is 12.5. The molecular weight excluding hydrogens is 342 g/mol. The van der Waals surface area contributed by atoms with E-state index in [0.717, 1.165) is 0 Å². The van der Waals surface area contributed by atoms with Gasteiger partial charge in [0.1, 0.15) is 10.8 Å². The molecule has 0 aliphatic rings. The molecule has 88 valence electrons. The van der Waals surface area contributed by atoms with Crippen LogP contribution in [0.2, 0.25) is 5.15 Å². The summed E-state index contributed by atoms with van der Waals surface area (Å²) in [5, 5.41) is 0.210. The quantitative estimate of drug-likeness (QED) is 0.478. The molecule has 1 rings (SSSR count). The lowest BCUT2D eigenvalue weighted by Gasteiger charge is -2.19. The van der Waals surface area contributed by atoms with Crippen molar-refractivity contribution in [2.24, 2.45) is 0 Å². The number of hydrogen-bond donors (Lipinski definition) is 1. The van der Waals surface area contributed by atoms with E-state index in [4.69, 9.17) is 22.1 Å². The molecule has 0 saturated carbocycles. The van der Waals surface area contributed by atoms with Crippen LogP contribution in [0, 0.1) is 3.57 Å². The number of ether oxygens (including phenoxy) is 1. The van der Waals surface area contributed by atoms with E-state index in [2.05, 4.69) is 4.98 Å². The number of carbonyl (C=O) groups is 1. The lowest BCUT2D eigenvalue weighted by molar-refractivity contribution is 0.00629. The first-order valence-corrected chi connectivity index (χ1v) is 6.01. The predicted molar refractivity (Wildman–Crippen MR) is 71.5 cm³/mol. The van der Waals surface area contributed by atoms with Crippen LogP contribution >= 0.6 is 34.2 Å². The fourth-order valence-corrected chi connectivity index (χ4v) is 1.43. The number of esters is 1. The summed E-state index contributed by atoms with van der Waals surface area (Å²) in [5.41, 5.74) is 5.66. The maximum atomic E-state index is 11.7. The Morgan fingerprint density at radius 2 is 2.12 bits per heavy atom. The van der Waals surface area contributed by atoms with Gasteiger partial charge in [-0.05, 0) is 49.4 Å². The molecule has 0 atom stereocenters. The normalized spacial score (nSPS) is 11.3. The number of anilines is 1. The molecule has 0 aliphatic heterocycles. The first-order valence-electron chi connectivity index (χ1n) is 4.55. The minimum atomic E-state index is -0.566. The minimum absolute atomic E-state index is 0.123. The monoisotopic (exact) mass is 354 g/mol. The Hall–Kier alpha value is -0.560. The predicted octanol–water partition coefficient (Wildman–Crippen LogP) is 2.88. The number of nitrogens with zero attached hydrogens (tertiary/aromatic N) is 1. The maximum Gasteiger partial charge on any atom is 0.357 e. The van der Waals surface area contributed by atoms with Crippen molar-refractivity contribution in [1.82, 2.24) is 4.98 Å². The topological polar surface area (TPSA) is 65.2 Å². The van der Waals surface area contributed by atoms with Crippen LogP contribution in [0.3, 0.4) is 0 Å². The molecule has 1 heterocycles. The Kier molecular flexibility index (Phi) is 4.01. The molecule has 0 unspecified atom stereocenters. The first-order chi connectivity index (χ1) is 7.20. The number of carbonyl (C=O) groups excluding carboxylic acids is 1. The van der Waals surface area contributed by atoms with Gasteiger partial charge in [0.2, 0.25) is 0 Å². The summed E-state index contributed by atoms with van der Waals surface area (Å²) < 4.78 is 5.79. The van der Waals surface area contributed by atoms with Crippen molar-refractivity contribution in [3.63, 3.8) is 0 Å². The number of hydrogen-bond acceptors (Lipinski definition) is 4. The van der Waals surface area contributed by atoms with E-state index in [1.807, 2.05) is 22.6 Å². The third-order valence-corrected chi connectivity index (χ3v) is 3.28. The second-order valence-electron chi connectivity index (χ2n) is 4.20. The van der Waals surface area contributed by atoms with Crippen LogP contribution in [-0.4, -0.2) is 16.6 Å². The first kappa shape index (κ1) is 13.5. The molecule has 0 bridgehead atoms. The molecule has 1 aromatic rings. The van der Waals surface area contributed by atoms with Gasteiger partial charge < -0.3 is 10.5 Å². The van der Waals surface area contributed by atoms with Crippen molar-refractivity contribution in [1.29, 1.82) is 0 Å². The number of pyridine rings is 1. The average Bonchev–Trinajstić information content (AvgIpc) is 2.10. The van der Waals surface area contributed by atoms with Crippen LogP contribution in [0.25, 0.3) is 0 Å². The lowest BCUT2D eigenvalue weighted by Crippen LogP contribution is -2.24. The minimum Gasteiger partial charge on any atom is -0.455 e. The second-order valence-corrected chi connectivity index (χ2v) is 5.64. The van der Waals surface area contributed by atoms with Crippen molar-refractivity contribution >= 4 is 45.8 Å². The zero-order valence-electron chi connectivity index (χ0n) is 9.17. The number of nitrogens with two attached hydrogens (primary N) is 1. The van der Waals surface area contributed by atoms with Gasteiger partial charge in [-0.25, -0.2) is 9.78 Å². The van der Waals surface area contributed by atoms with Gasteiger partial charge in [-0.15, -0.1) is 0 Å². The SMILES string of the molecule is CC(C)(C)OC(=O)c1cc(N)c(I)c(Cl)n1. The molecule has 6 heteroatoms. The summed E-state index contributed by atoms with van der Waals surface area (Å²) in [6.45, 7) is 5.34. The van der Waals surface area contributed by atoms with E-state index in [9.17, 15) is 4.79 Å². The number of aromatic nitrogens is 1. The molecular formula is C10H12ClIN2O2. The molecule has 0 radical (unpaired) electrons. The van der Waals surface area contributed by atoms with E-state index in [-0.39, 0.29) is 10.8 Å². The van der Waals surface area contributed by atoms with Gasteiger partial charge in [0.15, 0.2) is 5.69 Å². The van der Waals surface area contributed by atoms with Crippen LogP contribution in [0.4, 0.5) is 5.69 Å². The van der Waals surface area contributed by atoms with Gasteiger partial charge >= 0.3 is 5.97 Å². The fourth-order valence-electron chi connectivity index (χ4n) is 0.952. The molecule has 0 saturated heterocycles. The summed E-state index contributed by atoms with van der Waals surface area (Å²) in [4.78, 5) is 15.6. The van der Waals surface area contributed by atoms with Gasteiger partial charge in [0.05, 0.1) is 9.26 Å². The summed E-state index contributed by atoms with van der Waals surface area (Å²) in [7, 11) is 0.